The Morgan fingerprint density at radius 1 is 1.37 bits per heavy atom. The number of benzene rings is 1. The summed E-state index contributed by atoms with van der Waals surface area (Å²) in [6.45, 7) is 1.23. The van der Waals surface area contributed by atoms with Gasteiger partial charge >= 0.3 is 0 Å². The van der Waals surface area contributed by atoms with E-state index in [9.17, 15) is 0 Å². The zero-order valence-electron chi connectivity index (χ0n) is 14.8. The first-order valence-electron chi connectivity index (χ1n) is 9.08. The van der Waals surface area contributed by atoms with Gasteiger partial charge in [-0.1, -0.05) is 23.2 Å². The topological polar surface area (TPSA) is 72.3 Å². The predicted molar refractivity (Wildman–Crippen MR) is 106 cm³/mol. The first kappa shape index (κ1) is 18.6. The van der Waals surface area contributed by atoms with E-state index in [1.54, 1.807) is 6.07 Å². The summed E-state index contributed by atoms with van der Waals surface area (Å²) in [5, 5.41) is 15.2. The summed E-state index contributed by atoms with van der Waals surface area (Å²) in [5.41, 5.74) is 2.60. The van der Waals surface area contributed by atoms with Crippen LogP contribution in [0.25, 0.3) is 22.0 Å². The zero-order valence-corrected chi connectivity index (χ0v) is 16.3. The van der Waals surface area contributed by atoms with E-state index in [4.69, 9.17) is 37.8 Å². The Hall–Kier alpha value is -1.73. The Morgan fingerprint density at radius 3 is 3.04 bits per heavy atom. The number of H-pyrrole nitrogens is 1. The second-order valence-corrected chi connectivity index (χ2v) is 7.36. The Morgan fingerprint density at radius 2 is 2.26 bits per heavy atom. The molecule has 2 N–H and O–H groups in total. The third-order valence-corrected chi connectivity index (χ3v) is 5.52. The Kier molecular flexibility index (Phi) is 5.59. The fourth-order valence-corrected chi connectivity index (χ4v) is 3.77. The molecule has 0 bridgehead atoms. The lowest BCUT2D eigenvalue weighted by Crippen LogP contribution is -2.18. The Bertz CT molecular complexity index is 932. The van der Waals surface area contributed by atoms with Crippen molar-refractivity contribution in [3.63, 3.8) is 0 Å². The molecular formula is C19H21Cl2N3O3. The number of ether oxygens (including phenoxy) is 2. The minimum Gasteiger partial charge on any atom is -0.493 e. The first-order chi connectivity index (χ1) is 13.2. The molecule has 1 aliphatic rings. The first-order valence-corrected chi connectivity index (χ1v) is 9.83. The van der Waals surface area contributed by atoms with Crippen LogP contribution in [-0.2, 0) is 4.74 Å². The Balaban J connectivity index is 1.73. The van der Waals surface area contributed by atoms with Crippen molar-refractivity contribution in [3.05, 3.63) is 34.7 Å². The van der Waals surface area contributed by atoms with Gasteiger partial charge in [0.2, 0.25) is 0 Å². The average Bonchev–Trinajstić information content (AvgIpc) is 3.34. The number of fused-ring (bicyclic) bond motifs is 1. The summed E-state index contributed by atoms with van der Waals surface area (Å²) in [6, 6.07) is 1.72. The maximum absolute atomic E-state index is 9.02. The van der Waals surface area contributed by atoms with Crippen LogP contribution in [0.2, 0.25) is 10.0 Å². The second-order valence-electron chi connectivity index (χ2n) is 6.58. The van der Waals surface area contributed by atoms with Gasteiger partial charge in [0.1, 0.15) is 12.0 Å². The van der Waals surface area contributed by atoms with Crippen molar-refractivity contribution < 1.29 is 14.6 Å². The lowest BCUT2D eigenvalue weighted by molar-refractivity contribution is -0.0394. The number of aromatic nitrogens is 3. The van der Waals surface area contributed by atoms with Crippen LogP contribution in [-0.4, -0.2) is 39.7 Å². The molecule has 0 aliphatic carbocycles. The molecule has 3 aromatic rings. The zero-order chi connectivity index (χ0) is 18.8. The number of hydrogen-bond donors (Lipinski definition) is 2. The highest BCUT2D eigenvalue weighted by atomic mass is 35.5. The van der Waals surface area contributed by atoms with Gasteiger partial charge in [0, 0.05) is 49.2 Å². The quantitative estimate of drug-likeness (QED) is 0.573. The van der Waals surface area contributed by atoms with Crippen LogP contribution in [0.4, 0.5) is 0 Å². The fraction of sp³-hybridized carbons (Fsp3) is 0.421. The van der Waals surface area contributed by atoms with Crippen molar-refractivity contribution in [2.45, 2.75) is 31.9 Å². The van der Waals surface area contributed by atoms with Crippen LogP contribution < -0.4 is 4.74 Å². The molecule has 0 amide bonds. The molecule has 8 heteroatoms. The third-order valence-electron chi connectivity index (χ3n) is 4.74. The van der Waals surface area contributed by atoms with Crippen LogP contribution in [0.3, 0.4) is 0 Å². The molecule has 2 aromatic heterocycles. The Labute approximate surface area is 167 Å². The van der Waals surface area contributed by atoms with Gasteiger partial charge in [-0.15, -0.1) is 0 Å². The van der Waals surface area contributed by atoms with E-state index in [2.05, 4.69) is 10.1 Å². The number of hydrogen-bond acceptors (Lipinski definition) is 4. The molecule has 144 valence electrons. The number of aliphatic hydroxyl groups is 1. The summed E-state index contributed by atoms with van der Waals surface area (Å²) in [5.74, 6) is 0.630. The van der Waals surface area contributed by atoms with Crippen molar-refractivity contribution in [1.82, 2.24) is 14.8 Å². The van der Waals surface area contributed by atoms with Gasteiger partial charge in [-0.25, -0.2) is 4.68 Å². The highest BCUT2D eigenvalue weighted by Crippen LogP contribution is 2.42. The van der Waals surface area contributed by atoms with Crippen molar-refractivity contribution in [1.29, 1.82) is 0 Å². The van der Waals surface area contributed by atoms with Crippen LogP contribution in [0, 0.1) is 0 Å². The van der Waals surface area contributed by atoms with Crippen molar-refractivity contribution in [2.75, 3.05) is 19.8 Å². The molecule has 1 atom stereocenters. The van der Waals surface area contributed by atoms with E-state index >= 15 is 0 Å². The van der Waals surface area contributed by atoms with Gasteiger partial charge in [0.15, 0.2) is 0 Å². The van der Waals surface area contributed by atoms with Gasteiger partial charge in [0.25, 0.3) is 0 Å². The lowest BCUT2D eigenvalue weighted by Gasteiger charge is -2.22. The molecule has 1 aliphatic heterocycles. The predicted octanol–water partition coefficient (Wildman–Crippen LogP) is 4.80. The SMILES string of the molecule is OCCCOc1cc(Cl)c(Cl)c2[nH]cc(-c3cnn(C4CCCCO4)c3)c12. The molecule has 4 rings (SSSR count). The molecule has 1 saturated heterocycles. The summed E-state index contributed by atoms with van der Waals surface area (Å²) in [6.07, 6.45) is 9.42. The van der Waals surface area contributed by atoms with E-state index in [1.165, 1.54) is 0 Å². The van der Waals surface area contributed by atoms with E-state index < -0.39 is 0 Å². The lowest BCUT2D eigenvalue weighted by atomic mass is 10.1. The molecule has 3 heterocycles. The van der Waals surface area contributed by atoms with E-state index in [-0.39, 0.29) is 12.8 Å². The molecule has 1 fully saturated rings. The van der Waals surface area contributed by atoms with Gasteiger partial charge < -0.3 is 19.6 Å². The van der Waals surface area contributed by atoms with Gasteiger partial charge in [-0.3, -0.25) is 0 Å². The summed E-state index contributed by atoms with van der Waals surface area (Å²) < 4.78 is 13.5. The number of nitrogens with one attached hydrogen (secondary N) is 1. The fourth-order valence-electron chi connectivity index (χ4n) is 3.38. The van der Waals surface area contributed by atoms with Crippen molar-refractivity contribution >= 4 is 34.1 Å². The molecular weight excluding hydrogens is 389 g/mol. The monoisotopic (exact) mass is 409 g/mol. The number of halogens is 2. The second kappa shape index (κ2) is 8.10. The van der Waals surface area contributed by atoms with Gasteiger partial charge in [0.05, 0.1) is 33.8 Å². The van der Waals surface area contributed by atoms with Gasteiger partial charge in [-0.05, 0) is 19.3 Å². The molecule has 1 unspecified atom stereocenters. The molecule has 0 spiro atoms. The van der Waals surface area contributed by atoms with Crippen molar-refractivity contribution in [3.8, 4) is 16.9 Å². The van der Waals surface area contributed by atoms with E-state index in [1.807, 2.05) is 23.3 Å². The number of aliphatic hydroxyl groups excluding tert-OH is 1. The standard InChI is InChI=1S/C19H21Cl2N3O3/c20-14-8-15(26-7-3-5-25)17-13(10-22-19(17)18(14)21)12-9-23-24(11-12)16-4-1-2-6-27-16/h8-11,16,22,25H,1-7H2. The molecule has 0 saturated carbocycles. The maximum Gasteiger partial charge on any atom is 0.150 e. The highest BCUT2D eigenvalue weighted by Gasteiger charge is 2.20. The van der Waals surface area contributed by atoms with Crippen LogP contribution in [0.1, 0.15) is 31.9 Å². The maximum atomic E-state index is 9.02. The number of nitrogens with zero attached hydrogens (tertiary/aromatic N) is 2. The van der Waals surface area contributed by atoms with Crippen LogP contribution in [0.5, 0.6) is 5.75 Å². The summed E-state index contributed by atoms with van der Waals surface area (Å²) in [7, 11) is 0. The van der Waals surface area contributed by atoms with E-state index in [0.29, 0.717) is 28.8 Å². The largest absolute Gasteiger partial charge is 0.493 e. The molecule has 27 heavy (non-hydrogen) atoms. The molecule has 0 radical (unpaired) electrons. The third kappa shape index (κ3) is 3.67. The van der Waals surface area contributed by atoms with Crippen molar-refractivity contribution in [2.24, 2.45) is 0 Å². The number of rotatable bonds is 6. The smallest absolute Gasteiger partial charge is 0.150 e. The number of aromatic amines is 1. The summed E-state index contributed by atoms with van der Waals surface area (Å²) in [4.78, 5) is 3.20. The van der Waals surface area contributed by atoms with Crippen LogP contribution >= 0.6 is 23.2 Å². The summed E-state index contributed by atoms with van der Waals surface area (Å²) >= 11 is 12.6. The minimum atomic E-state index is -0.0176. The average molecular weight is 410 g/mol. The normalized spacial score (nSPS) is 17.5. The molecule has 1 aromatic carbocycles. The molecule has 6 nitrogen and oxygen atoms in total. The highest BCUT2D eigenvalue weighted by molar-refractivity contribution is 6.45. The van der Waals surface area contributed by atoms with Gasteiger partial charge in [-0.2, -0.15) is 5.10 Å². The van der Waals surface area contributed by atoms with Crippen LogP contribution in [0.15, 0.2) is 24.7 Å². The van der Waals surface area contributed by atoms with E-state index in [0.717, 1.165) is 47.9 Å². The minimum absolute atomic E-state index is 0.0176.